The Morgan fingerprint density at radius 3 is 2.81 bits per heavy atom. The number of nitrogens with one attached hydrogen (secondary N) is 1. The smallest absolute Gasteiger partial charge is 0.207 e. The maximum Gasteiger partial charge on any atom is 0.207 e. The summed E-state index contributed by atoms with van der Waals surface area (Å²) < 4.78 is 19.4. The van der Waals surface area contributed by atoms with Crippen molar-refractivity contribution < 1.29 is 14.2 Å². The number of hydrogen-bond donors (Lipinski definition) is 2. The van der Waals surface area contributed by atoms with Gasteiger partial charge in [-0.25, -0.2) is 4.39 Å². The molecule has 4 unspecified atom stereocenters. The van der Waals surface area contributed by atoms with E-state index in [1.807, 2.05) is 6.19 Å². The second kappa shape index (κ2) is 8.07. The van der Waals surface area contributed by atoms with Crippen LogP contribution >= 0.6 is 0 Å². The Morgan fingerprint density at radius 1 is 1.35 bits per heavy atom. The number of halogens is 1. The van der Waals surface area contributed by atoms with E-state index in [1.54, 1.807) is 12.1 Å². The minimum Gasteiger partial charge on any atom is -0.489 e. The fraction of sp³-hybridized carbons (Fsp3) is 0.667. The van der Waals surface area contributed by atoms with E-state index in [1.165, 1.54) is 12.1 Å². The fourth-order valence-corrected chi connectivity index (χ4v) is 6.80. The standard InChI is InChI=1S/C24H31FN4O2/c1-15(29-6-5-21(13-29)31-20-4-2-3-19(25)9-20)23(27-14-26)28-22-17-7-16-8-18(22)12-24(30,10-16)11-17/h2-4,9,15-18,21-22,30H,5-8,10-13H2,1H3,(H,27,28). The van der Waals surface area contributed by atoms with E-state index in [-0.39, 0.29) is 24.0 Å². The molecule has 6 nitrogen and oxygen atoms in total. The van der Waals surface area contributed by atoms with Crippen LogP contribution in [0.15, 0.2) is 29.3 Å². The van der Waals surface area contributed by atoms with Crippen LogP contribution in [0.25, 0.3) is 0 Å². The van der Waals surface area contributed by atoms with Crippen molar-refractivity contribution in [2.45, 2.75) is 69.2 Å². The van der Waals surface area contributed by atoms with Crippen molar-refractivity contribution >= 4 is 5.84 Å². The molecule has 1 saturated heterocycles. The number of amidine groups is 1. The molecular formula is C24H31FN4O2. The first-order chi connectivity index (χ1) is 14.9. The average molecular weight is 427 g/mol. The van der Waals surface area contributed by atoms with Crippen molar-refractivity contribution in [1.29, 1.82) is 5.26 Å². The predicted octanol–water partition coefficient (Wildman–Crippen LogP) is 3.08. The Labute approximate surface area is 183 Å². The van der Waals surface area contributed by atoms with E-state index in [4.69, 9.17) is 4.74 Å². The second-order valence-electron chi connectivity index (χ2n) is 10.1. The number of rotatable bonds is 5. The number of nitrogens with zero attached hydrogens (tertiary/aromatic N) is 3. The molecule has 6 rings (SSSR count). The third-order valence-electron chi connectivity index (χ3n) is 7.94. The van der Waals surface area contributed by atoms with Gasteiger partial charge in [-0.1, -0.05) is 6.07 Å². The molecule has 4 bridgehead atoms. The van der Waals surface area contributed by atoms with Gasteiger partial charge in [0, 0.05) is 25.2 Å². The average Bonchev–Trinajstić information content (AvgIpc) is 3.16. The van der Waals surface area contributed by atoms with E-state index in [9.17, 15) is 14.8 Å². The molecule has 0 aromatic heterocycles. The van der Waals surface area contributed by atoms with Gasteiger partial charge >= 0.3 is 0 Å². The molecule has 0 radical (unpaired) electrons. The molecule has 1 aromatic carbocycles. The summed E-state index contributed by atoms with van der Waals surface area (Å²) in [6.07, 6.45) is 7.84. The van der Waals surface area contributed by atoms with Crippen molar-refractivity contribution in [2.75, 3.05) is 13.1 Å². The van der Waals surface area contributed by atoms with Crippen molar-refractivity contribution in [3.05, 3.63) is 30.1 Å². The zero-order valence-corrected chi connectivity index (χ0v) is 18.0. The summed E-state index contributed by atoms with van der Waals surface area (Å²) in [5.41, 5.74) is -0.469. The van der Waals surface area contributed by atoms with Crippen LogP contribution in [0.5, 0.6) is 5.75 Å². The minimum absolute atomic E-state index is 0.0111. The predicted molar refractivity (Wildman–Crippen MR) is 115 cm³/mol. The van der Waals surface area contributed by atoms with Crippen LogP contribution in [0.1, 0.15) is 45.4 Å². The van der Waals surface area contributed by atoms with Crippen LogP contribution < -0.4 is 10.1 Å². The highest BCUT2D eigenvalue weighted by Crippen LogP contribution is 2.55. The van der Waals surface area contributed by atoms with E-state index in [2.05, 4.69) is 22.1 Å². The Kier molecular flexibility index (Phi) is 5.39. The fourth-order valence-electron chi connectivity index (χ4n) is 6.80. The molecule has 31 heavy (non-hydrogen) atoms. The lowest BCUT2D eigenvalue weighted by molar-refractivity contribution is -0.136. The number of aliphatic hydroxyl groups is 1. The van der Waals surface area contributed by atoms with Gasteiger partial charge in [0.15, 0.2) is 0 Å². The van der Waals surface area contributed by atoms with Crippen molar-refractivity contribution in [3.63, 3.8) is 0 Å². The summed E-state index contributed by atoms with van der Waals surface area (Å²) in [5.74, 6) is 2.53. The maximum absolute atomic E-state index is 13.4. The van der Waals surface area contributed by atoms with Gasteiger partial charge in [-0.3, -0.25) is 4.90 Å². The van der Waals surface area contributed by atoms with Crippen LogP contribution in [0.4, 0.5) is 4.39 Å². The van der Waals surface area contributed by atoms with Crippen LogP contribution in [0.2, 0.25) is 0 Å². The third kappa shape index (κ3) is 4.16. The Balaban J connectivity index is 1.23. The summed E-state index contributed by atoms with van der Waals surface area (Å²) in [5, 5.41) is 23.8. The van der Waals surface area contributed by atoms with Gasteiger partial charge in [0.2, 0.25) is 6.19 Å². The molecule has 1 heterocycles. The molecule has 5 fully saturated rings. The van der Waals surface area contributed by atoms with E-state index < -0.39 is 5.60 Å². The number of nitriles is 1. The monoisotopic (exact) mass is 426 g/mol. The topological polar surface area (TPSA) is 80.9 Å². The number of benzene rings is 1. The number of aliphatic imine (C=N–C) groups is 1. The molecule has 5 aliphatic rings. The lowest BCUT2D eigenvalue weighted by Gasteiger charge is -2.58. The van der Waals surface area contributed by atoms with Crippen LogP contribution in [-0.2, 0) is 0 Å². The van der Waals surface area contributed by atoms with Gasteiger partial charge in [0.05, 0.1) is 11.6 Å². The molecular weight excluding hydrogens is 395 g/mol. The maximum atomic E-state index is 13.4. The van der Waals surface area contributed by atoms with Gasteiger partial charge in [0.1, 0.15) is 23.5 Å². The zero-order valence-electron chi connectivity index (χ0n) is 18.0. The first-order valence-electron chi connectivity index (χ1n) is 11.5. The van der Waals surface area contributed by atoms with Crippen molar-refractivity contribution in [2.24, 2.45) is 22.7 Å². The summed E-state index contributed by atoms with van der Waals surface area (Å²) in [4.78, 5) is 6.45. The highest BCUT2D eigenvalue weighted by atomic mass is 19.1. The number of hydrogen-bond acceptors (Lipinski definition) is 5. The molecule has 166 valence electrons. The number of likely N-dealkylation sites (tertiary alicyclic amines) is 1. The van der Waals surface area contributed by atoms with E-state index in [0.717, 1.165) is 50.9 Å². The largest absolute Gasteiger partial charge is 0.489 e. The van der Waals surface area contributed by atoms with Crippen LogP contribution in [0, 0.1) is 35.0 Å². The van der Waals surface area contributed by atoms with Gasteiger partial charge in [-0.05, 0) is 75.3 Å². The van der Waals surface area contributed by atoms with E-state index in [0.29, 0.717) is 30.0 Å². The highest BCUT2D eigenvalue weighted by molar-refractivity contribution is 5.88. The van der Waals surface area contributed by atoms with Crippen LogP contribution in [-0.4, -0.2) is 52.7 Å². The molecule has 0 amide bonds. The lowest BCUT2D eigenvalue weighted by atomic mass is 9.52. The van der Waals surface area contributed by atoms with Crippen molar-refractivity contribution in [1.82, 2.24) is 10.2 Å². The van der Waals surface area contributed by atoms with Gasteiger partial charge in [-0.2, -0.15) is 10.3 Å². The molecule has 4 aliphatic carbocycles. The van der Waals surface area contributed by atoms with Gasteiger partial charge in [0.25, 0.3) is 0 Å². The third-order valence-corrected chi connectivity index (χ3v) is 7.94. The Bertz CT molecular complexity index is 884. The minimum atomic E-state index is -0.469. The quantitative estimate of drug-likeness (QED) is 0.430. The van der Waals surface area contributed by atoms with Crippen LogP contribution in [0.3, 0.4) is 0 Å². The van der Waals surface area contributed by atoms with Gasteiger partial charge in [-0.15, -0.1) is 0 Å². The summed E-state index contributed by atoms with van der Waals surface area (Å²) in [7, 11) is 0. The molecule has 4 atom stereocenters. The molecule has 0 spiro atoms. The SMILES string of the molecule is CC(/C(=N\C#N)NC1C2CC3CC1CC(O)(C3)C2)N1CCC(Oc2cccc(F)c2)C1. The van der Waals surface area contributed by atoms with Gasteiger partial charge < -0.3 is 15.2 Å². The molecule has 7 heteroatoms. The summed E-state index contributed by atoms with van der Waals surface area (Å²) >= 11 is 0. The van der Waals surface area contributed by atoms with Crippen molar-refractivity contribution in [3.8, 4) is 11.9 Å². The Hall–Kier alpha value is -2.17. The normalized spacial score (nSPS) is 38.1. The molecule has 2 N–H and O–H groups in total. The molecule has 1 aliphatic heterocycles. The zero-order chi connectivity index (χ0) is 21.6. The first kappa shape index (κ1) is 20.7. The molecule has 4 saturated carbocycles. The first-order valence-corrected chi connectivity index (χ1v) is 11.5. The van der Waals surface area contributed by atoms with E-state index >= 15 is 0 Å². The summed E-state index contributed by atoms with van der Waals surface area (Å²) in [6.45, 7) is 3.63. The lowest BCUT2D eigenvalue weighted by Crippen LogP contribution is -2.63. The highest BCUT2D eigenvalue weighted by Gasteiger charge is 2.55. The Morgan fingerprint density at radius 2 is 2.13 bits per heavy atom. The second-order valence-corrected chi connectivity index (χ2v) is 10.1. The molecule has 1 aromatic rings. The summed E-state index contributed by atoms with van der Waals surface area (Å²) in [6, 6.07) is 6.52. The number of ether oxygens (including phenoxy) is 1.